The number of nitrogens with one attached hydrogen (secondary N) is 1. The Kier molecular flexibility index (Phi) is 6.84. The van der Waals surface area contributed by atoms with Crippen molar-refractivity contribution in [2.75, 3.05) is 19.9 Å². The van der Waals surface area contributed by atoms with Gasteiger partial charge in [0.2, 0.25) is 18.6 Å². The molecule has 32 heavy (non-hydrogen) atoms. The monoisotopic (exact) mass is 455 g/mol. The number of aliphatic imine (C=N–C) groups is 1. The minimum Gasteiger partial charge on any atom is -0.494 e. The van der Waals surface area contributed by atoms with Crippen LogP contribution in [0.15, 0.2) is 47.5 Å². The summed E-state index contributed by atoms with van der Waals surface area (Å²) in [6, 6.07) is 12.9. The summed E-state index contributed by atoms with van der Waals surface area (Å²) in [6.07, 6.45) is 0.114. The number of thioether (sulfide) groups is 1. The average Bonchev–Trinajstić information content (AvgIpc) is 3.25. The molecule has 0 bridgehead atoms. The van der Waals surface area contributed by atoms with Crippen molar-refractivity contribution in [2.45, 2.75) is 32.1 Å². The number of hydrogen-bond acceptors (Lipinski definition) is 7. The van der Waals surface area contributed by atoms with Crippen LogP contribution in [0, 0.1) is 0 Å². The van der Waals surface area contributed by atoms with E-state index in [4.69, 9.17) is 19.2 Å². The third-order valence-corrected chi connectivity index (χ3v) is 6.12. The van der Waals surface area contributed by atoms with Crippen LogP contribution < -0.4 is 19.5 Å². The summed E-state index contributed by atoms with van der Waals surface area (Å²) in [4.78, 5) is 31.8. The van der Waals surface area contributed by atoms with E-state index in [1.165, 1.54) is 11.8 Å². The molecular formula is C23H25N3O5S. The lowest BCUT2D eigenvalue weighted by Gasteiger charge is -2.31. The fourth-order valence-electron chi connectivity index (χ4n) is 3.40. The molecule has 0 unspecified atom stereocenters. The van der Waals surface area contributed by atoms with Crippen LogP contribution in [0.1, 0.15) is 25.8 Å². The second kappa shape index (κ2) is 9.95. The van der Waals surface area contributed by atoms with E-state index in [9.17, 15) is 9.59 Å². The summed E-state index contributed by atoms with van der Waals surface area (Å²) >= 11 is 1.30. The molecule has 2 aliphatic rings. The summed E-state index contributed by atoms with van der Waals surface area (Å²) in [6.45, 7) is 5.38. The van der Waals surface area contributed by atoms with E-state index < -0.39 is 5.25 Å². The number of carbonyl (C=O) groups is 2. The van der Waals surface area contributed by atoms with Crippen molar-refractivity contribution in [3.05, 3.63) is 48.0 Å². The maximum Gasteiger partial charge on any atom is 0.234 e. The number of ether oxygens (including phenoxy) is 3. The Labute approximate surface area is 190 Å². The van der Waals surface area contributed by atoms with Crippen molar-refractivity contribution in [1.29, 1.82) is 0 Å². The van der Waals surface area contributed by atoms with Crippen molar-refractivity contribution in [3.8, 4) is 17.2 Å². The van der Waals surface area contributed by atoms with E-state index in [0.717, 1.165) is 11.3 Å². The average molecular weight is 456 g/mol. The summed E-state index contributed by atoms with van der Waals surface area (Å²) in [5.41, 5.74) is 1.56. The van der Waals surface area contributed by atoms with Crippen LogP contribution >= 0.6 is 11.8 Å². The van der Waals surface area contributed by atoms with E-state index in [2.05, 4.69) is 5.32 Å². The highest BCUT2D eigenvalue weighted by Gasteiger charge is 2.36. The van der Waals surface area contributed by atoms with Gasteiger partial charge in [-0.3, -0.25) is 14.5 Å². The first kappa shape index (κ1) is 22.0. The van der Waals surface area contributed by atoms with Crippen LogP contribution in [0.4, 0.5) is 5.69 Å². The topological polar surface area (TPSA) is 89.5 Å². The standard InChI is InChI=1S/C23H25N3O5S/c1-3-24-22(28)20-12-21(27)26(13-15-5-10-18-19(11-15)31-14-30-18)23(32-20)25-16-6-8-17(9-7-16)29-4-2/h5-11,20H,3-4,12-14H2,1-2H3,(H,24,28)/t20-/m1/s1. The Morgan fingerprint density at radius 3 is 2.72 bits per heavy atom. The Morgan fingerprint density at radius 2 is 1.97 bits per heavy atom. The first-order chi connectivity index (χ1) is 15.6. The molecule has 0 radical (unpaired) electrons. The Morgan fingerprint density at radius 1 is 1.19 bits per heavy atom. The molecule has 2 aromatic carbocycles. The number of nitrogens with zero attached hydrogens (tertiary/aromatic N) is 2. The van der Waals surface area contributed by atoms with Gasteiger partial charge in [-0.05, 0) is 55.8 Å². The second-order valence-corrected chi connectivity index (χ2v) is 8.36. The molecule has 1 fully saturated rings. The molecule has 4 rings (SSSR count). The molecule has 0 saturated carbocycles. The van der Waals surface area contributed by atoms with E-state index in [1.807, 2.05) is 56.3 Å². The van der Waals surface area contributed by atoms with Crippen molar-refractivity contribution in [3.63, 3.8) is 0 Å². The molecule has 1 saturated heterocycles. The SMILES string of the molecule is CCNC(=O)[C@H]1CC(=O)N(Cc2ccc3c(c2)OCO3)C(=Nc2ccc(OCC)cc2)S1. The fourth-order valence-corrected chi connectivity index (χ4v) is 4.52. The Balaban J connectivity index is 1.61. The lowest BCUT2D eigenvalue weighted by molar-refractivity contribution is -0.130. The van der Waals surface area contributed by atoms with Crippen LogP contribution in [0.5, 0.6) is 17.2 Å². The number of benzene rings is 2. The smallest absolute Gasteiger partial charge is 0.234 e. The zero-order valence-electron chi connectivity index (χ0n) is 18.0. The highest BCUT2D eigenvalue weighted by molar-refractivity contribution is 8.15. The highest BCUT2D eigenvalue weighted by Crippen LogP contribution is 2.35. The van der Waals surface area contributed by atoms with Gasteiger partial charge in [0.05, 0.1) is 24.1 Å². The van der Waals surface area contributed by atoms with Gasteiger partial charge in [0.1, 0.15) is 5.75 Å². The van der Waals surface area contributed by atoms with E-state index >= 15 is 0 Å². The van der Waals surface area contributed by atoms with E-state index in [-0.39, 0.29) is 25.0 Å². The second-order valence-electron chi connectivity index (χ2n) is 7.19. The Bertz CT molecular complexity index is 1020. The van der Waals surface area contributed by atoms with Gasteiger partial charge in [-0.2, -0.15) is 0 Å². The van der Waals surface area contributed by atoms with Crippen molar-refractivity contribution >= 4 is 34.4 Å². The summed E-state index contributed by atoms with van der Waals surface area (Å²) < 4.78 is 16.3. The van der Waals surface area contributed by atoms with Crippen molar-refractivity contribution in [1.82, 2.24) is 10.2 Å². The molecule has 2 amide bonds. The molecule has 9 heteroatoms. The highest BCUT2D eigenvalue weighted by atomic mass is 32.2. The molecule has 0 spiro atoms. The van der Waals surface area contributed by atoms with Crippen LogP contribution in [0.2, 0.25) is 0 Å². The normalized spacial score (nSPS) is 18.7. The summed E-state index contributed by atoms with van der Waals surface area (Å²) in [5.74, 6) is 1.79. The number of carbonyl (C=O) groups excluding carboxylic acids is 2. The minimum absolute atomic E-state index is 0.114. The largest absolute Gasteiger partial charge is 0.494 e. The summed E-state index contributed by atoms with van der Waals surface area (Å²) in [5, 5.41) is 2.77. The molecule has 1 atom stereocenters. The van der Waals surface area contributed by atoms with Crippen LogP contribution in [-0.2, 0) is 16.1 Å². The van der Waals surface area contributed by atoms with Gasteiger partial charge in [0.25, 0.3) is 0 Å². The number of hydrogen-bond donors (Lipinski definition) is 1. The molecule has 168 valence electrons. The molecular weight excluding hydrogens is 430 g/mol. The van der Waals surface area contributed by atoms with Gasteiger partial charge >= 0.3 is 0 Å². The Hall–Kier alpha value is -3.20. The van der Waals surface area contributed by atoms with Gasteiger partial charge in [-0.25, -0.2) is 4.99 Å². The lowest BCUT2D eigenvalue weighted by atomic mass is 10.1. The minimum atomic E-state index is -0.517. The number of amidine groups is 1. The number of fused-ring (bicyclic) bond motifs is 1. The fraction of sp³-hybridized carbons (Fsp3) is 0.348. The molecule has 2 aliphatic heterocycles. The van der Waals surface area contributed by atoms with E-state index in [1.54, 1.807) is 4.90 Å². The predicted molar refractivity (Wildman–Crippen MR) is 123 cm³/mol. The zero-order chi connectivity index (χ0) is 22.5. The van der Waals surface area contributed by atoms with Gasteiger partial charge in [-0.1, -0.05) is 17.8 Å². The van der Waals surface area contributed by atoms with Crippen LogP contribution in [0.25, 0.3) is 0 Å². The summed E-state index contributed by atoms with van der Waals surface area (Å²) in [7, 11) is 0. The van der Waals surface area contributed by atoms with Crippen LogP contribution in [-0.4, -0.2) is 47.1 Å². The zero-order valence-corrected chi connectivity index (χ0v) is 18.8. The van der Waals surface area contributed by atoms with Gasteiger partial charge in [0, 0.05) is 13.0 Å². The molecule has 2 aromatic rings. The molecule has 2 heterocycles. The number of amides is 2. The van der Waals surface area contributed by atoms with Crippen LogP contribution in [0.3, 0.4) is 0 Å². The van der Waals surface area contributed by atoms with Gasteiger partial charge in [0.15, 0.2) is 16.7 Å². The molecule has 1 N–H and O–H groups in total. The lowest BCUT2D eigenvalue weighted by Crippen LogP contribution is -2.46. The third kappa shape index (κ3) is 4.99. The van der Waals surface area contributed by atoms with Crippen molar-refractivity contribution < 1.29 is 23.8 Å². The van der Waals surface area contributed by atoms with Crippen molar-refractivity contribution in [2.24, 2.45) is 4.99 Å². The van der Waals surface area contributed by atoms with E-state index in [0.29, 0.717) is 42.1 Å². The number of rotatable bonds is 7. The molecule has 8 nitrogen and oxygen atoms in total. The molecule has 0 aromatic heterocycles. The predicted octanol–water partition coefficient (Wildman–Crippen LogP) is 3.47. The third-order valence-electron chi connectivity index (χ3n) is 4.93. The first-order valence-corrected chi connectivity index (χ1v) is 11.4. The first-order valence-electron chi connectivity index (χ1n) is 10.5. The molecule has 0 aliphatic carbocycles. The van der Waals surface area contributed by atoms with Gasteiger partial charge in [-0.15, -0.1) is 0 Å². The van der Waals surface area contributed by atoms with Gasteiger partial charge < -0.3 is 19.5 Å². The maximum atomic E-state index is 13.1. The quantitative estimate of drug-likeness (QED) is 0.688. The maximum absolute atomic E-state index is 13.1.